The summed E-state index contributed by atoms with van der Waals surface area (Å²) < 4.78 is 7.21. The van der Waals surface area contributed by atoms with E-state index in [2.05, 4.69) is 51.2 Å². The van der Waals surface area contributed by atoms with Gasteiger partial charge in [-0.05, 0) is 23.6 Å². The number of hydrogen-bond donors (Lipinski definition) is 0. The Bertz CT molecular complexity index is 1010. The summed E-state index contributed by atoms with van der Waals surface area (Å²) in [4.78, 5) is 12.0. The highest BCUT2D eigenvalue weighted by Gasteiger charge is 2.39. The molecule has 5 heteroatoms. The van der Waals surface area contributed by atoms with Crippen molar-refractivity contribution in [2.24, 2.45) is 0 Å². The van der Waals surface area contributed by atoms with Crippen LogP contribution in [0.3, 0.4) is 0 Å². The molecule has 0 atom stereocenters. The van der Waals surface area contributed by atoms with Gasteiger partial charge < -0.3 is 4.74 Å². The molecule has 4 aromatic rings. The third kappa shape index (κ3) is 3.99. The van der Waals surface area contributed by atoms with Crippen LogP contribution in [-0.4, -0.2) is 27.3 Å². The molecule has 0 aliphatic rings. The fraction of sp³-hybridized carbons (Fsp3) is 0.192. The molecule has 0 unspecified atom stereocenters. The number of aryl methyl sites for hydroxylation is 1. The summed E-state index contributed by atoms with van der Waals surface area (Å²) in [5, 5.41) is 8.65. The van der Waals surface area contributed by atoms with Crippen molar-refractivity contribution < 1.29 is 9.53 Å². The first-order valence-electron chi connectivity index (χ1n) is 10.5. The van der Waals surface area contributed by atoms with E-state index in [0.29, 0.717) is 13.0 Å². The SMILES string of the molecule is CCOC(=O)CCc1nncn1C(c1ccccc1)(c1ccccc1)c1ccccc1. The number of rotatable bonds is 8. The van der Waals surface area contributed by atoms with Gasteiger partial charge in [-0.3, -0.25) is 9.36 Å². The van der Waals surface area contributed by atoms with Gasteiger partial charge in [0.25, 0.3) is 0 Å². The Morgan fingerprint density at radius 1 is 0.839 bits per heavy atom. The molecule has 4 rings (SSSR count). The van der Waals surface area contributed by atoms with Gasteiger partial charge in [0.05, 0.1) is 13.0 Å². The van der Waals surface area contributed by atoms with Crippen LogP contribution in [0, 0.1) is 0 Å². The van der Waals surface area contributed by atoms with E-state index < -0.39 is 5.54 Å². The molecule has 5 nitrogen and oxygen atoms in total. The smallest absolute Gasteiger partial charge is 0.306 e. The summed E-state index contributed by atoms with van der Waals surface area (Å²) in [6.07, 6.45) is 2.45. The minimum absolute atomic E-state index is 0.234. The Labute approximate surface area is 182 Å². The summed E-state index contributed by atoms with van der Waals surface area (Å²) in [6.45, 7) is 2.18. The Balaban J connectivity index is 1.95. The quantitative estimate of drug-likeness (QED) is 0.314. The third-order valence-corrected chi connectivity index (χ3v) is 5.41. The number of carbonyl (C=O) groups excluding carboxylic acids is 1. The summed E-state index contributed by atoms with van der Waals surface area (Å²) in [6, 6.07) is 31.0. The molecule has 1 aromatic heterocycles. The second-order valence-corrected chi connectivity index (χ2v) is 7.23. The average Bonchev–Trinajstić information content (AvgIpc) is 3.30. The Morgan fingerprint density at radius 2 is 1.32 bits per heavy atom. The summed E-state index contributed by atoms with van der Waals surface area (Å²) in [5.74, 6) is 0.492. The van der Waals surface area contributed by atoms with Crippen molar-refractivity contribution in [3.05, 3.63) is 120 Å². The van der Waals surface area contributed by atoms with Crippen LogP contribution < -0.4 is 0 Å². The van der Waals surface area contributed by atoms with E-state index in [1.54, 1.807) is 6.33 Å². The molecule has 3 aromatic carbocycles. The van der Waals surface area contributed by atoms with Crippen LogP contribution >= 0.6 is 0 Å². The zero-order valence-corrected chi connectivity index (χ0v) is 17.5. The Morgan fingerprint density at radius 3 is 1.77 bits per heavy atom. The molecular formula is C26H25N3O2. The first-order valence-corrected chi connectivity index (χ1v) is 10.5. The molecule has 0 aliphatic heterocycles. The van der Waals surface area contributed by atoms with Crippen LogP contribution in [0.25, 0.3) is 0 Å². The van der Waals surface area contributed by atoms with E-state index >= 15 is 0 Å². The molecule has 1 heterocycles. The van der Waals surface area contributed by atoms with Gasteiger partial charge in [0.1, 0.15) is 17.7 Å². The van der Waals surface area contributed by atoms with Gasteiger partial charge in [0.15, 0.2) is 0 Å². The van der Waals surface area contributed by atoms with E-state index in [0.717, 1.165) is 22.5 Å². The fourth-order valence-electron chi connectivity index (χ4n) is 4.11. The predicted molar refractivity (Wildman–Crippen MR) is 120 cm³/mol. The van der Waals surface area contributed by atoms with Crippen LogP contribution in [0.1, 0.15) is 35.9 Å². The maximum Gasteiger partial charge on any atom is 0.306 e. The number of esters is 1. The molecule has 0 saturated heterocycles. The molecule has 0 amide bonds. The standard InChI is InChI=1S/C26H25N3O2/c1-2-31-25(30)19-18-24-28-27-20-29(24)26(21-12-6-3-7-13-21,22-14-8-4-9-15-22)23-16-10-5-11-17-23/h3-17,20H,2,18-19H2,1H3. The van der Waals surface area contributed by atoms with Crippen molar-refractivity contribution >= 4 is 5.97 Å². The van der Waals surface area contributed by atoms with Crippen LogP contribution in [0.4, 0.5) is 0 Å². The monoisotopic (exact) mass is 411 g/mol. The molecule has 0 N–H and O–H groups in total. The van der Waals surface area contributed by atoms with E-state index in [1.165, 1.54) is 0 Å². The van der Waals surface area contributed by atoms with E-state index in [4.69, 9.17) is 4.74 Å². The van der Waals surface area contributed by atoms with Crippen molar-refractivity contribution in [3.63, 3.8) is 0 Å². The number of benzene rings is 3. The lowest BCUT2D eigenvalue weighted by atomic mass is 9.76. The van der Waals surface area contributed by atoms with Gasteiger partial charge >= 0.3 is 5.97 Å². The van der Waals surface area contributed by atoms with Crippen molar-refractivity contribution in [3.8, 4) is 0 Å². The van der Waals surface area contributed by atoms with Crippen molar-refractivity contribution in [2.75, 3.05) is 6.61 Å². The average molecular weight is 412 g/mol. The van der Waals surface area contributed by atoms with Crippen molar-refractivity contribution in [2.45, 2.75) is 25.3 Å². The zero-order chi connectivity index (χ0) is 21.5. The van der Waals surface area contributed by atoms with E-state index in [9.17, 15) is 4.79 Å². The van der Waals surface area contributed by atoms with Gasteiger partial charge in [-0.2, -0.15) is 0 Å². The predicted octanol–water partition coefficient (Wildman–Crippen LogP) is 4.61. The molecule has 156 valence electrons. The van der Waals surface area contributed by atoms with Crippen molar-refractivity contribution in [1.29, 1.82) is 0 Å². The summed E-state index contributed by atoms with van der Waals surface area (Å²) in [5.41, 5.74) is 2.58. The maximum atomic E-state index is 12.0. The van der Waals surface area contributed by atoms with Gasteiger partial charge in [0.2, 0.25) is 0 Å². The maximum absolute atomic E-state index is 12.0. The molecule has 0 fully saturated rings. The minimum atomic E-state index is -0.683. The zero-order valence-electron chi connectivity index (χ0n) is 17.5. The van der Waals surface area contributed by atoms with Crippen LogP contribution in [0.5, 0.6) is 0 Å². The lowest BCUT2D eigenvalue weighted by Crippen LogP contribution is -2.38. The number of nitrogens with zero attached hydrogens (tertiary/aromatic N) is 3. The normalized spacial score (nSPS) is 11.3. The molecule has 0 bridgehead atoms. The van der Waals surface area contributed by atoms with E-state index in [-0.39, 0.29) is 12.4 Å². The topological polar surface area (TPSA) is 57.0 Å². The molecule has 31 heavy (non-hydrogen) atoms. The molecular weight excluding hydrogens is 386 g/mol. The van der Waals surface area contributed by atoms with Crippen LogP contribution in [0.15, 0.2) is 97.3 Å². The lowest BCUT2D eigenvalue weighted by Gasteiger charge is -2.38. The second kappa shape index (κ2) is 9.39. The highest BCUT2D eigenvalue weighted by molar-refractivity contribution is 5.69. The number of carbonyl (C=O) groups is 1. The molecule has 0 radical (unpaired) electrons. The van der Waals surface area contributed by atoms with Gasteiger partial charge in [-0.15, -0.1) is 10.2 Å². The van der Waals surface area contributed by atoms with E-state index in [1.807, 2.05) is 61.5 Å². The highest BCUT2D eigenvalue weighted by Crippen LogP contribution is 2.41. The van der Waals surface area contributed by atoms with Crippen LogP contribution in [-0.2, 0) is 21.5 Å². The first-order chi connectivity index (χ1) is 15.3. The van der Waals surface area contributed by atoms with Gasteiger partial charge in [-0.1, -0.05) is 91.0 Å². The highest BCUT2D eigenvalue weighted by atomic mass is 16.5. The Kier molecular flexibility index (Phi) is 6.22. The molecule has 0 saturated carbocycles. The van der Waals surface area contributed by atoms with Gasteiger partial charge in [0, 0.05) is 6.42 Å². The van der Waals surface area contributed by atoms with Gasteiger partial charge in [-0.25, -0.2) is 0 Å². The molecule has 0 spiro atoms. The number of ether oxygens (including phenoxy) is 1. The fourth-order valence-corrected chi connectivity index (χ4v) is 4.11. The third-order valence-electron chi connectivity index (χ3n) is 5.41. The van der Waals surface area contributed by atoms with Crippen LogP contribution in [0.2, 0.25) is 0 Å². The minimum Gasteiger partial charge on any atom is -0.466 e. The largest absolute Gasteiger partial charge is 0.466 e. The van der Waals surface area contributed by atoms with Crippen molar-refractivity contribution in [1.82, 2.24) is 14.8 Å². The molecule has 0 aliphatic carbocycles. The number of hydrogen-bond acceptors (Lipinski definition) is 4. The summed E-state index contributed by atoms with van der Waals surface area (Å²) in [7, 11) is 0. The summed E-state index contributed by atoms with van der Waals surface area (Å²) >= 11 is 0. The number of aromatic nitrogens is 3. The lowest BCUT2D eigenvalue weighted by molar-refractivity contribution is -0.143. The second-order valence-electron chi connectivity index (χ2n) is 7.23. The Hall–Kier alpha value is -3.73. The first kappa shape index (κ1) is 20.5.